The summed E-state index contributed by atoms with van der Waals surface area (Å²) in [5.74, 6) is -1.70. The van der Waals surface area contributed by atoms with Crippen LogP contribution in [0, 0.1) is 5.82 Å². The van der Waals surface area contributed by atoms with Crippen LogP contribution < -0.4 is 10.1 Å². The first kappa shape index (κ1) is 18.9. The van der Waals surface area contributed by atoms with Gasteiger partial charge in [0, 0.05) is 52.2 Å². The second kappa shape index (κ2) is 9.78. The minimum Gasteiger partial charge on any atom is -0.488 e. The molecule has 1 N–H and O–H groups in total. The Hall–Kier alpha value is -3.30. The largest absolute Gasteiger partial charge is 0.488 e. The van der Waals surface area contributed by atoms with Crippen molar-refractivity contribution in [2.24, 2.45) is 0 Å². The maximum absolute atomic E-state index is 15.4. The van der Waals surface area contributed by atoms with Crippen LogP contribution in [0.15, 0.2) is 36.4 Å². The Labute approximate surface area is 231 Å². The van der Waals surface area contributed by atoms with Crippen molar-refractivity contribution < 1.29 is 37.8 Å². The van der Waals surface area contributed by atoms with Crippen molar-refractivity contribution in [1.29, 1.82) is 0 Å². The molecule has 0 aliphatic carbocycles. The highest BCUT2D eigenvalue weighted by Crippen LogP contribution is 2.34. The fourth-order valence-corrected chi connectivity index (χ4v) is 5.08. The fourth-order valence-electron chi connectivity index (χ4n) is 5.08. The van der Waals surface area contributed by atoms with Crippen molar-refractivity contribution >= 4 is 17.7 Å². The van der Waals surface area contributed by atoms with Crippen LogP contribution in [-0.2, 0) is 34.0 Å². The van der Waals surface area contributed by atoms with E-state index in [0.717, 1.165) is 17.9 Å². The molecule has 2 unspecified atom stereocenters. The minimum absolute atomic E-state index is 0.0765. The Morgan fingerprint density at radius 3 is 2.71 bits per heavy atom. The van der Waals surface area contributed by atoms with Gasteiger partial charge in [0.2, 0.25) is 11.8 Å². The molecule has 0 bridgehead atoms. The molecule has 0 saturated carbocycles. The van der Waals surface area contributed by atoms with Crippen LogP contribution in [0.2, 0.25) is 0 Å². The Morgan fingerprint density at radius 2 is 1.97 bits per heavy atom. The third-order valence-corrected chi connectivity index (χ3v) is 6.59. The number of carbonyl (C=O) groups is 3. The van der Waals surface area contributed by atoms with Gasteiger partial charge in [-0.1, -0.05) is 18.2 Å². The van der Waals surface area contributed by atoms with E-state index in [2.05, 4.69) is 5.32 Å². The first-order valence-corrected chi connectivity index (χ1v) is 12.4. The van der Waals surface area contributed by atoms with Gasteiger partial charge in [-0.2, -0.15) is 0 Å². The molecule has 0 radical (unpaired) electrons. The van der Waals surface area contributed by atoms with E-state index in [1.165, 1.54) is 30.9 Å². The van der Waals surface area contributed by atoms with Crippen LogP contribution in [0.4, 0.5) is 4.39 Å². The molecule has 9 heteroatoms. The van der Waals surface area contributed by atoms with Crippen molar-refractivity contribution in [2.75, 3.05) is 13.0 Å². The molecule has 202 valence electrons. The summed E-state index contributed by atoms with van der Waals surface area (Å²) in [6.07, 6.45) is 0.324. The maximum Gasteiger partial charge on any atom is 0.255 e. The van der Waals surface area contributed by atoms with Crippen molar-refractivity contribution in [1.82, 2.24) is 15.1 Å². The lowest BCUT2D eigenvalue weighted by atomic mass is 9.98. The van der Waals surface area contributed by atoms with E-state index in [9.17, 15) is 14.4 Å². The summed E-state index contributed by atoms with van der Waals surface area (Å²) in [4.78, 5) is 39.2. The van der Waals surface area contributed by atoms with Gasteiger partial charge in [0.05, 0.1) is 17.7 Å². The summed E-state index contributed by atoms with van der Waals surface area (Å²) in [5, 5.41) is 2.25. The third-order valence-electron chi connectivity index (χ3n) is 6.59. The number of hydrogen-bond donors (Lipinski definition) is 1. The zero-order valence-corrected chi connectivity index (χ0v) is 21.4. The quantitative estimate of drug-likeness (QED) is 0.575. The van der Waals surface area contributed by atoms with Crippen LogP contribution in [0.25, 0.3) is 0 Å². The molecule has 38 heavy (non-hydrogen) atoms. The highest BCUT2D eigenvalue weighted by molar-refractivity contribution is 6.05. The topological polar surface area (TPSA) is 88.2 Å². The van der Waals surface area contributed by atoms with Gasteiger partial charge >= 0.3 is 0 Å². The number of hydrogen-bond acceptors (Lipinski definition) is 6. The Morgan fingerprint density at radius 1 is 1.18 bits per heavy atom. The standard InChI is InChI=1S/C29H34FN3O5/c1-28(2)16-32(17-29(3,4)38-28)13-18-8-9-19(22(30)12-18)15-37-24-7-5-6-20-21(24)14-33(27(20)36)23-10-11-25(34)31-26(23)35/h5-9,12,23H,10-11,13-17H2,1-4H3,(H,31,34,35)/i1D3,16D2,17D2. The monoisotopic (exact) mass is 530 g/mol. The van der Waals surface area contributed by atoms with Gasteiger partial charge in [0.25, 0.3) is 5.91 Å². The van der Waals surface area contributed by atoms with Crippen molar-refractivity contribution in [3.63, 3.8) is 0 Å². The van der Waals surface area contributed by atoms with E-state index in [1.807, 2.05) is 0 Å². The molecule has 0 aromatic heterocycles. The highest BCUT2D eigenvalue weighted by Gasteiger charge is 2.40. The molecule has 2 atom stereocenters. The Bertz CT molecular complexity index is 1570. The number of halogens is 1. The molecule has 5 rings (SSSR count). The smallest absolute Gasteiger partial charge is 0.255 e. The fraction of sp³-hybridized carbons (Fsp3) is 0.483. The van der Waals surface area contributed by atoms with Crippen molar-refractivity contribution in [3.8, 4) is 5.75 Å². The van der Waals surface area contributed by atoms with E-state index in [0.29, 0.717) is 16.9 Å². The first-order chi connectivity index (χ1) is 20.7. The summed E-state index contributed by atoms with van der Waals surface area (Å²) in [7, 11) is 0. The number of nitrogens with one attached hydrogen (secondary N) is 1. The van der Waals surface area contributed by atoms with E-state index in [-0.39, 0.29) is 43.0 Å². The average Bonchev–Trinajstić information content (AvgIpc) is 3.26. The van der Waals surface area contributed by atoms with Crippen molar-refractivity contribution in [3.05, 3.63) is 64.5 Å². The van der Waals surface area contributed by atoms with Gasteiger partial charge in [-0.25, -0.2) is 4.39 Å². The molecule has 2 aromatic carbocycles. The number of morpholine rings is 1. The summed E-state index contributed by atoms with van der Waals surface area (Å²) in [6, 6.07) is 8.04. The molecule has 8 nitrogen and oxygen atoms in total. The molecule has 3 aliphatic heterocycles. The van der Waals surface area contributed by atoms with Gasteiger partial charge in [0.15, 0.2) is 0 Å². The Balaban J connectivity index is 1.34. The molecule has 2 saturated heterocycles. The summed E-state index contributed by atoms with van der Waals surface area (Å²) < 4.78 is 85.5. The number of imide groups is 1. The number of ether oxygens (including phenoxy) is 2. The van der Waals surface area contributed by atoms with Crippen LogP contribution in [0.1, 0.15) is 77.1 Å². The SMILES string of the molecule is [2H]C([2H])([2H])C1(C)OC(C)(C)C([2H])([2H])N(Cc2ccc(COc3cccc4c3CN(C3CCC(=O)NC3=O)C4=O)c(F)c2)C1([2H])[2H]. The zero-order chi connectivity index (χ0) is 33.3. The summed E-state index contributed by atoms with van der Waals surface area (Å²) in [6.45, 7) is -5.09. The maximum atomic E-state index is 15.4. The minimum atomic E-state index is -2.95. The molecule has 2 fully saturated rings. The molecular weight excluding hydrogens is 489 g/mol. The number of nitrogens with zero attached hydrogens (tertiary/aromatic N) is 2. The van der Waals surface area contributed by atoms with Crippen LogP contribution in [0.3, 0.4) is 0 Å². The van der Waals surface area contributed by atoms with Gasteiger partial charge in [-0.05, 0) is 57.8 Å². The second-order valence-electron chi connectivity index (χ2n) is 10.4. The molecule has 3 amide bonds. The molecule has 2 aromatic rings. The molecule has 0 spiro atoms. The lowest BCUT2D eigenvalue weighted by molar-refractivity contribution is -0.182. The van der Waals surface area contributed by atoms with E-state index in [4.69, 9.17) is 19.1 Å². The average molecular weight is 531 g/mol. The van der Waals surface area contributed by atoms with E-state index >= 15 is 4.39 Å². The predicted molar refractivity (Wildman–Crippen MR) is 138 cm³/mol. The normalized spacial score (nSPS) is 31.1. The predicted octanol–water partition coefficient (Wildman–Crippen LogP) is 3.56. The lowest BCUT2D eigenvalue weighted by Gasteiger charge is -2.47. The molecule has 3 heterocycles. The van der Waals surface area contributed by atoms with E-state index in [1.54, 1.807) is 18.2 Å². The second-order valence-corrected chi connectivity index (χ2v) is 10.4. The molecule has 3 aliphatic rings. The number of fused-ring (bicyclic) bond motifs is 1. The third kappa shape index (κ3) is 5.44. The van der Waals surface area contributed by atoms with Gasteiger partial charge in [0.1, 0.15) is 24.2 Å². The number of benzene rings is 2. The molecular formula is C29H34FN3O5. The zero-order valence-electron chi connectivity index (χ0n) is 28.4. The van der Waals surface area contributed by atoms with Crippen LogP contribution in [0.5, 0.6) is 5.75 Å². The van der Waals surface area contributed by atoms with Gasteiger partial charge in [-0.3, -0.25) is 24.6 Å². The number of rotatable bonds is 6. The number of piperidine rings is 1. The van der Waals surface area contributed by atoms with Crippen LogP contribution >= 0.6 is 0 Å². The van der Waals surface area contributed by atoms with Crippen molar-refractivity contribution in [2.45, 2.75) is 77.4 Å². The Kier molecular flexibility index (Phi) is 4.86. The highest BCUT2D eigenvalue weighted by atomic mass is 19.1. The summed E-state index contributed by atoms with van der Waals surface area (Å²) in [5.41, 5.74) is -2.94. The number of carbonyl (C=O) groups excluding carboxylic acids is 3. The lowest BCUT2D eigenvalue weighted by Crippen LogP contribution is -2.56. The number of amides is 3. The van der Waals surface area contributed by atoms with Crippen LogP contribution in [-0.4, -0.2) is 57.8 Å². The summed E-state index contributed by atoms with van der Waals surface area (Å²) >= 11 is 0. The van der Waals surface area contributed by atoms with Gasteiger partial charge < -0.3 is 14.4 Å². The van der Waals surface area contributed by atoms with Gasteiger partial charge in [-0.15, -0.1) is 0 Å². The van der Waals surface area contributed by atoms with E-state index < -0.39 is 61.3 Å². The first-order valence-electron chi connectivity index (χ1n) is 15.9.